The SMILES string of the molecule is N=C(N=C(N)N)SC(F)(F)F. The Hall–Kier alpha value is -0.920. The molecule has 0 aromatic heterocycles. The van der Waals surface area contributed by atoms with Gasteiger partial charge in [0.05, 0.1) is 0 Å². The number of nitrogens with one attached hydrogen (secondary N) is 1. The van der Waals surface area contributed by atoms with Gasteiger partial charge in [-0.15, -0.1) is 0 Å². The van der Waals surface area contributed by atoms with E-state index in [1.54, 1.807) is 0 Å². The first-order valence-corrected chi connectivity index (χ1v) is 3.07. The lowest BCUT2D eigenvalue weighted by Crippen LogP contribution is -2.24. The lowest BCUT2D eigenvalue weighted by Gasteiger charge is -2.01. The summed E-state index contributed by atoms with van der Waals surface area (Å²) in [5, 5.41) is 5.60. The van der Waals surface area contributed by atoms with Crippen molar-refractivity contribution in [2.24, 2.45) is 16.5 Å². The zero-order valence-corrected chi connectivity index (χ0v) is 5.96. The molecular formula is C3H5F3N4S. The first kappa shape index (κ1) is 10.1. The van der Waals surface area contributed by atoms with Crippen LogP contribution in [0.4, 0.5) is 13.2 Å². The Morgan fingerprint density at radius 1 is 1.36 bits per heavy atom. The molecule has 0 aromatic rings. The van der Waals surface area contributed by atoms with E-state index in [0.717, 1.165) is 0 Å². The van der Waals surface area contributed by atoms with Gasteiger partial charge in [-0.25, -0.2) is 0 Å². The maximum Gasteiger partial charge on any atom is 0.449 e. The van der Waals surface area contributed by atoms with Crippen LogP contribution in [0.1, 0.15) is 0 Å². The average Bonchev–Trinajstić information content (AvgIpc) is 1.53. The molecule has 4 nitrogen and oxygen atoms in total. The molecule has 64 valence electrons. The van der Waals surface area contributed by atoms with Crippen molar-refractivity contribution in [1.82, 2.24) is 0 Å². The molecule has 0 spiro atoms. The summed E-state index contributed by atoms with van der Waals surface area (Å²) < 4.78 is 34.3. The maximum atomic E-state index is 11.4. The number of guanidine groups is 1. The van der Waals surface area contributed by atoms with Gasteiger partial charge in [0.2, 0.25) is 0 Å². The molecule has 5 N–H and O–H groups in total. The maximum absolute atomic E-state index is 11.4. The summed E-state index contributed by atoms with van der Waals surface area (Å²) in [6.45, 7) is 0. The molecule has 0 atom stereocenters. The van der Waals surface area contributed by atoms with Crippen molar-refractivity contribution in [3.8, 4) is 0 Å². The molecule has 11 heavy (non-hydrogen) atoms. The zero-order valence-electron chi connectivity index (χ0n) is 5.14. The highest BCUT2D eigenvalue weighted by molar-refractivity contribution is 8.14. The Labute approximate surface area is 64.3 Å². The number of hydrogen-bond donors (Lipinski definition) is 3. The summed E-state index contributed by atoms with van der Waals surface area (Å²) in [7, 11) is 0. The number of hydrogen-bond acceptors (Lipinski definition) is 2. The summed E-state index contributed by atoms with van der Waals surface area (Å²) in [5.41, 5.74) is 4.92. The third-order valence-corrected chi connectivity index (χ3v) is 0.959. The third kappa shape index (κ3) is 6.97. The largest absolute Gasteiger partial charge is 0.449 e. The molecule has 0 aliphatic heterocycles. The number of nitrogens with zero attached hydrogens (tertiary/aromatic N) is 1. The van der Waals surface area contributed by atoms with Crippen molar-refractivity contribution in [3.63, 3.8) is 0 Å². The van der Waals surface area contributed by atoms with Gasteiger partial charge in [-0.1, -0.05) is 0 Å². The van der Waals surface area contributed by atoms with Crippen LogP contribution in [0.3, 0.4) is 0 Å². The summed E-state index contributed by atoms with van der Waals surface area (Å²) in [4.78, 5) is 2.86. The summed E-state index contributed by atoms with van der Waals surface area (Å²) in [6.07, 6.45) is 0. The molecule has 0 fully saturated rings. The van der Waals surface area contributed by atoms with Crippen LogP contribution >= 0.6 is 11.8 Å². The van der Waals surface area contributed by atoms with Crippen LogP contribution in [0.2, 0.25) is 0 Å². The fourth-order valence-corrected chi connectivity index (χ4v) is 0.620. The van der Waals surface area contributed by atoms with Gasteiger partial charge in [0.15, 0.2) is 11.1 Å². The van der Waals surface area contributed by atoms with Crippen LogP contribution in [0.5, 0.6) is 0 Å². The number of nitrogens with two attached hydrogens (primary N) is 2. The minimum Gasteiger partial charge on any atom is -0.370 e. The monoisotopic (exact) mass is 186 g/mol. The molecule has 0 aliphatic rings. The Bertz CT molecular complexity index is 182. The topological polar surface area (TPSA) is 88.2 Å². The smallest absolute Gasteiger partial charge is 0.370 e. The van der Waals surface area contributed by atoms with Gasteiger partial charge in [-0.3, -0.25) is 5.41 Å². The van der Waals surface area contributed by atoms with Crippen LogP contribution in [0.15, 0.2) is 4.99 Å². The predicted octanol–water partition coefficient (Wildman–Crippen LogP) is 0.448. The molecular weight excluding hydrogens is 181 g/mol. The molecule has 0 aliphatic carbocycles. The number of aliphatic imine (C=N–C) groups is 1. The molecule has 0 amide bonds. The van der Waals surface area contributed by atoms with Gasteiger partial charge < -0.3 is 11.5 Å². The molecule has 0 unspecified atom stereocenters. The van der Waals surface area contributed by atoms with E-state index in [-0.39, 0.29) is 0 Å². The van der Waals surface area contributed by atoms with Gasteiger partial charge in [-0.05, 0) is 0 Å². The quantitative estimate of drug-likeness (QED) is 0.379. The van der Waals surface area contributed by atoms with Gasteiger partial charge in [0, 0.05) is 11.8 Å². The number of halogens is 3. The third-order valence-electron chi connectivity index (χ3n) is 0.443. The second-order valence-corrected chi connectivity index (χ2v) is 2.44. The Morgan fingerprint density at radius 3 is 2.09 bits per heavy atom. The Kier molecular flexibility index (Phi) is 3.18. The molecule has 0 saturated heterocycles. The lowest BCUT2D eigenvalue weighted by atomic mass is 11.0. The van der Waals surface area contributed by atoms with Gasteiger partial charge in [0.25, 0.3) is 0 Å². The molecule has 8 heteroatoms. The number of amidine groups is 1. The normalized spacial score (nSPS) is 10.8. The first-order valence-electron chi connectivity index (χ1n) is 2.25. The fourth-order valence-electron chi connectivity index (χ4n) is 0.250. The number of thioether (sulfide) groups is 1. The van der Waals surface area contributed by atoms with E-state index in [2.05, 4.69) is 4.99 Å². The second-order valence-electron chi connectivity index (χ2n) is 1.39. The molecule has 0 aromatic carbocycles. The van der Waals surface area contributed by atoms with E-state index in [4.69, 9.17) is 16.9 Å². The lowest BCUT2D eigenvalue weighted by molar-refractivity contribution is -0.0316. The predicted molar refractivity (Wildman–Crippen MR) is 37.2 cm³/mol. The van der Waals surface area contributed by atoms with Crippen molar-refractivity contribution < 1.29 is 13.2 Å². The minimum absolute atomic E-state index is 0.563. The Balaban J connectivity index is 4.00. The standard InChI is InChI=1S/C3H5F3N4S/c4-3(5,6)11-2(9)10-1(7)8/h(H5,7,8,9,10). The minimum atomic E-state index is -4.52. The summed E-state index contributed by atoms with van der Waals surface area (Å²) >= 11 is -0.679. The molecule has 0 bridgehead atoms. The summed E-state index contributed by atoms with van der Waals surface area (Å²) in [5.74, 6) is -0.563. The van der Waals surface area contributed by atoms with Crippen molar-refractivity contribution in [2.75, 3.05) is 0 Å². The van der Waals surface area contributed by atoms with Gasteiger partial charge >= 0.3 is 5.51 Å². The zero-order chi connectivity index (χ0) is 9.07. The van der Waals surface area contributed by atoms with E-state index in [0.29, 0.717) is 0 Å². The van der Waals surface area contributed by atoms with Crippen LogP contribution in [-0.4, -0.2) is 16.6 Å². The number of alkyl halides is 3. The highest BCUT2D eigenvalue weighted by atomic mass is 32.2. The molecule has 0 radical (unpaired) electrons. The molecule has 0 rings (SSSR count). The highest BCUT2D eigenvalue weighted by Gasteiger charge is 2.30. The first-order chi connectivity index (χ1) is 4.81. The molecule has 0 heterocycles. The average molecular weight is 186 g/mol. The van der Waals surface area contributed by atoms with Crippen molar-refractivity contribution in [2.45, 2.75) is 5.51 Å². The van der Waals surface area contributed by atoms with E-state index in [9.17, 15) is 13.2 Å². The van der Waals surface area contributed by atoms with Crippen LogP contribution < -0.4 is 11.5 Å². The van der Waals surface area contributed by atoms with Crippen molar-refractivity contribution >= 4 is 22.9 Å². The highest BCUT2D eigenvalue weighted by Crippen LogP contribution is 2.30. The summed E-state index contributed by atoms with van der Waals surface area (Å²) in [6, 6.07) is 0. The van der Waals surface area contributed by atoms with Crippen molar-refractivity contribution in [3.05, 3.63) is 0 Å². The van der Waals surface area contributed by atoms with E-state index >= 15 is 0 Å². The van der Waals surface area contributed by atoms with Crippen LogP contribution in [-0.2, 0) is 0 Å². The molecule has 0 saturated carbocycles. The second kappa shape index (κ2) is 3.46. The van der Waals surface area contributed by atoms with E-state index < -0.39 is 28.4 Å². The van der Waals surface area contributed by atoms with Gasteiger partial charge in [-0.2, -0.15) is 18.2 Å². The Morgan fingerprint density at radius 2 is 1.82 bits per heavy atom. The van der Waals surface area contributed by atoms with Gasteiger partial charge in [0.1, 0.15) is 0 Å². The van der Waals surface area contributed by atoms with Crippen LogP contribution in [0, 0.1) is 5.41 Å². The van der Waals surface area contributed by atoms with Crippen LogP contribution in [0.25, 0.3) is 0 Å². The fraction of sp³-hybridized carbons (Fsp3) is 0.333. The van der Waals surface area contributed by atoms with Crippen molar-refractivity contribution in [1.29, 1.82) is 5.41 Å². The van der Waals surface area contributed by atoms with E-state index in [1.165, 1.54) is 0 Å². The number of rotatable bonds is 0. The van der Waals surface area contributed by atoms with E-state index in [1.807, 2.05) is 0 Å².